The second kappa shape index (κ2) is 8.99. The molecule has 1 aromatic carbocycles. The van der Waals surface area contributed by atoms with E-state index in [1.807, 2.05) is 20.8 Å². The number of benzene rings is 1. The molecule has 1 N–H and O–H groups in total. The Bertz CT molecular complexity index is 1030. The summed E-state index contributed by atoms with van der Waals surface area (Å²) >= 11 is 0. The first-order valence-corrected chi connectivity index (χ1v) is 10.8. The van der Waals surface area contributed by atoms with Crippen LogP contribution in [-0.2, 0) is 17.6 Å². The number of aliphatic carboxylic acids is 1. The van der Waals surface area contributed by atoms with Gasteiger partial charge in [0, 0.05) is 17.8 Å². The molecule has 2 heterocycles. The van der Waals surface area contributed by atoms with Crippen LogP contribution in [0, 0.1) is 31.6 Å². The van der Waals surface area contributed by atoms with Crippen molar-refractivity contribution in [2.24, 2.45) is 17.8 Å². The molecular formula is C25H33N3O2. The minimum atomic E-state index is -0.707. The predicted octanol–water partition coefficient (Wildman–Crippen LogP) is 5.53. The summed E-state index contributed by atoms with van der Waals surface area (Å²) in [5.41, 5.74) is 6.20. The summed E-state index contributed by atoms with van der Waals surface area (Å²) in [4.78, 5) is 21.2. The zero-order valence-corrected chi connectivity index (χ0v) is 18.9. The van der Waals surface area contributed by atoms with Gasteiger partial charge in [0.1, 0.15) is 11.3 Å². The average molecular weight is 408 g/mol. The lowest BCUT2D eigenvalue weighted by atomic mass is 9.90. The SMILES string of the molecule is Cc1cc(C)c2nc(CC(C)C)n(-c3ccc(CCC(C(=O)O)C(C)C)cc3)c2n1. The molecule has 30 heavy (non-hydrogen) atoms. The number of carboxylic acids is 1. The van der Waals surface area contributed by atoms with Crippen molar-refractivity contribution in [1.82, 2.24) is 14.5 Å². The number of carboxylic acid groups (broad SMARTS) is 1. The zero-order valence-electron chi connectivity index (χ0n) is 18.9. The van der Waals surface area contributed by atoms with Crippen molar-refractivity contribution in [2.45, 2.75) is 60.8 Å². The highest BCUT2D eigenvalue weighted by atomic mass is 16.4. The molecule has 0 aliphatic carbocycles. The Kier molecular flexibility index (Phi) is 6.59. The number of rotatable bonds is 8. The van der Waals surface area contributed by atoms with Crippen molar-refractivity contribution in [3.8, 4) is 5.69 Å². The van der Waals surface area contributed by atoms with Crippen molar-refractivity contribution in [2.75, 3.05) is 0 Å². The Morgan fingerprint density at radius 3 is 2.30 bits per heavy atom. The predicted molar refractivity (Wildman–Crippen MR) is 121 cm³/mol. The van der Waals surface area contributed by atoms with Crippen molar-refractivity contribution in [3.63, 3.8) is 0 Å². The number of hydrogen-bond donors (Lipinski definition) is 1. The number of fused-ring (bicyclic) bond motifs is 1. The fraction of sp³-hybridized carbons (Fsp3) is 0.480. The molecule has 0 spiro atoms. The van der Waals surface area contributed by atoms with Gasteiger partial charge in [-0.2, -0.15) is 0 Å². The molecule has 5 heteroatoms. The first-order chi connectivity index (χ1) is 14.2. The number of carbonyl (C=O) groups is 1. The van der Waals surface area contributed by atoms with E-state index < -0.39 is 5.97 Å². The summed E-state index contributed by atoms with van der Waals surface area (Å²) in [6.45, 7) is 12.4. The van der Waals surface area contributed by atoms with E-state index in [1.165, 1.54) is 0 Å². The summed E-state index contributed by atoms with van der Waals surface area (Å²) in [6, 6.07) is 10.5. The summed E-state index contributed by atoms with van der Waals surface area (Å²) in [5.74, 6) is 0.636. The molecule has 0 saturated heterocycles. The monoisotopic (exact) mass is 407 g/mol. The van der Waals surface area contributed by atoms with Crippen LogP contribution in [-0.4, -0.2) is 25.6 Å². The third-order valence-electron chi connectivity index (χ3n) is 5.66. The van der Waals surface area contributed by atoms with Gasteiger partial charge in [0.05, 0.1) is 5.92 Å². The molecule has 3 aromatic rings. The van der Waals surface area contributed by atoms with Crippen LogP contribution in [0.4, 0.5) is 0 Å². The molecule has 0 saturated carbocycles. The molecular weight excluding hydrogens is 374 g/mol. The van der Waals surface area contributed by atoms with Crippen molar-refractivity contribution >= 4 is 17.1 Å². The Labute approximate surface area is 179 Å². The third-order valence-corrected chi connectivity index (χ3v) is 5.66. The maximum absolute atomic E-state index is 11.5. The van der Waals surface area contributed by atoms with Crippen molar-refractivity contribution < 1.29 is 9.90 Å². The molecule has 1 unspecified atom stereocenters. The van der Waals surface area contributed by atoms with Crippen LogP contribution >= 0.6 is 0 Å². The van der Waals surface area contributed by atoms with Gasteiger partial charge in [0.15, 0.2) is 5.65 Å². The second-order valence-corrected chi connectivity index (χ2v) is 9.11. The molecule has 0 bridgehead atoms. The molecule has 3 rings (SSSR count). The molecule has 5 nitrogen and oxygen atoms in total. The van der Waals surface area contributed by atoms with Gasteiger partial charge in [-0.3, -0.25) is 9.36 Å². The average Bonchev–Trinajstić information content (AvgIpc) is 2.99. The Morgan fingerprint density at radius 1 is 1.07 bits per heavy atom. The maximum Gasteiger partial charge on any atom is 0.306 e. The number of aromatic nitrogens is 3. The van der Waals surface area contributed by atoms with E-state index in [0.717, 1.165) is 52.3 Å². The largest absolute Gasteiger partial charge is 0.481 e. The van der Waals surface area contributed by atoms with Gasteiger partial charge < -0.3 is 5.11 Å². The summed E-state index contributed by atoms with van der Waals surface area (Å²) in [5, 5.41) is 9.42. The van der Waals surface area contributed by atoms with E-state index in [-0.39, 0.29) is 11.8 Å². The van der Waals surface area contributed by atoms with E-state index in [4.69, 9.17) is 9.97 Å². The lowest BCUT2D eigenvalue weighted by Gasteiger charge is -2.16. The number of imidazole rings is 1. The number of nitrogens with zero attached hydrogens (tertiary/aromatic N) is 3. The van der Waals surface area contributed by atoms with Gasteiger partial charge in [-0.1, -0.05) is 39.8 Å². The number of pyridine rings is 1. The minimum Gasteiger partial charge on any atom is -0.481 e. The molecule has 1 atom stereocenters. The molecule has 2 aromatic heterocycles. The van der Waals surface area contributed by atoms with Crippen molar-refractivity contribution in [3.05, 3.63) is 53.0 Å². The summed E-state index contributed by atoms with van der Waals surface area (Å²) < 4.78 is 2.17. The van der Waals surface area contributed by atoms with E-state index in [2.05, 4.69) is 55.7 Å². The Hall–Kier alpha value is -2.69. The van der Waals surface area contributed by atoms with E-state index in [0.29, 0.717) is 12.3 Å². The van der Waals surface area contributed by atoms with Crippen LogP contribution in [0.25, 0.3) is 16.9 Å². The highest BCUT2D eigenvalue weighted by molar-refractivity contribution is 5.78. The molecule has 0 aliphatic rings. The standard InChI is InChI=1S/C25H33N3O2/c1-15(2)13-22-27-23-17(5)14-18(6)26-24(23)28(22)20-10-7-19(8-11-20)9-12-21(16(3)4)25(29)30/h7-8,10-11,14-16,21H,9,12-13H2,1-6H3,(H,29,30). The fourth-order valence-electron chi connectivity index (χ4n) is 4.05. The lowest BCUT2D eigenvalue weighted by Crippen LogP contribution is -2.20. The molecule has 0 amide bonds. The normalized spacial score (nSPS) is 12.8. The lowest BCUT2D eigenvalue weighted by molar-refractivity contribution is -0.143. The van der Waals surface area contributed by atoms with Gasteiger partial charge in [-0.15, -0.1) is 0 Å². The first-order valence-electron chi connectivity index (χ1n) is 10.8. The van der Waals surface area contributed by atoms with E-state index >= 15 is 0 Å². The van der Waals surface area contributed by atoms with Crippen LogP contribution in [0.1, 0.15) is 56.8 Å². The topological polar surface area (TPSA) is 68.0 Å². The first kappa shape index (κ1) is 22.0. The Morgan fingerprint density at radius 2 is 1.73 bits per heavy atom. The zero-order chi connectivity index (χ0) is 22.0. The van der Waals surface area contributed by atoms with Gasteiger partial charge in [0.2, 0.25) is 0 Å². The Balaban J connectivity index is 1.94. The van der Waals surface area contributed by atoms with E-state index in [1.54, 1.807) is 0 Å². The van der Waals surface area contributed by atoms with Crippen LogP contribution in [0.5, 0.6) is 0 Å². The quantitative estimate of drug-likeness (QED) is 0.533. The smallest absolute Gasteiger partial charge is 0.306 e. The van der Waals surface area contributed by atoms with Gasteiger partial charge in [0.25, 0.3) is 0 Å². The van der Waals surface area contributed by atoms with Crippen molar-refractivity contribution in [1.29, 1.82) is 0 Å². The van der Waals surface area contributed by atoms with Crippen LogP contribution in [0.15, 0.2) is 30.3 Å². The number of hydrogen-bond acceptors (Lipinski definition) is 3. The third kappa shape index (κ3) is 4.72. The number of aryl methyl sites for hydroxylation is 3. The molecule has 0 fully saturated rings. The van der Waals surface area contributed by atoms with Crippen LogP contribution < -0.4 is 0 Å². The summed E-state index contributed by atoms with van der Waals surface area (Å²) in [7, 11) is 0. The van der Waals surface area contributed by atoms with Crippen LogP contribution in [0.3, 0.4) is 0 Å². The maximum atomic E-state index is 11.5. The van der Waals surface area contributed by atoms with Gasteiger partial charge >= 0.3 is 5.97 Å². The highest BCUT2D eigenvalue weighted by Crippen LogP contribution is 2.26. The summed E-state index contributed by atoms with van der Waals surface area (Å²) in [6.07, 6.45) is 2.29. The highest BCUT2D eigenvalue weighted by Gasteiger charge is 2.21. The van der Waals surface area contributed by atoms with Gasteiger partial charge in [-0.05, 0) is 67.9 Å². The molecule has 0 radical (unpaired) electrons. The van der Waals surface area contributed by atoms with Crippen LogP contribution in [0.2, 0.25) is 0 Å². The van der Waals surface area contributed by atoms with Gasteiger partial charge in [-0.25, -0.2) is 9.97 Å². The van der Waals surface area contributed by atoms with E-state index in [9.17, 15) is 9.90 Å². The molecule has 0 aliphatic heterocycles. The fourth-order valence-corrected chi connectivity index (χ4v) is 4.05. The minimum absolute atomic E-state index is 0.134. The molecule has 160 valence electrons. The second-order valence-electron chi connectivity index (χ2n) is 9.11.